The highest BCUT2D eigenvalue weighted by atomic mass is 19.1. The van der Waals surface area contributed by atoms with Crippen molar-refractivity contribution in [1.29, 1.82) is 0 Å². The number of tetrazole rings is 1. The van der Waals surface area contributed by atoms with Crippen molar-refractivity contribution < 1.29 is 9.18 Å². The Hall–Kier alpha value is -3.13. The third-order valence-corrected chi connectivity index (χ3v) is 4.46. The lowest BCUT2D eigenvalue weighted by Crippen LogP contribution is -2.36. The Morgan fingerprint density at radius 2 is 1.93 bits per heavy atom. The van der Waals surface area contributed by atoms with Crippen LogP contribution in [0.3, 0.4) is 0 Å². The van der Waals surface area contributed by atoms with Crippen LogP contribution in [-0.2, 0) is 6.54 Å². The molecule has 0 saturated carbocycles. The quantitative estimate of drug-likeness (QED) is 0.627. The minimum absolute atomic E-state index is 0.142. The van der Waals surface area contributed by atoms with E-state index in [-0.39, 0.29) is 18.3 Å². The van der Waals surface area contributed by atoms with Crippen LogP contribution < -0.4 is 0 Å². The summed E-state index contributed by atoms with van der Waals surface area (Å²) in [6.07, 6.45) is 1.51. The van der Waals surface area contributed by atoms with Crippen LogP contribution in [0.1, 0.15) is 21.5 Å². The number of likely N-dealkylation sites (N-methyl/N-ethyl adjacent to an activating group) is 1. The van der Waals surface area contributed by atoms with Gasteiger partial charge >= 0.3 is 0 Å². The van der Waals surface area contributed by atoms with E-state index in [0.717, 1.165) is 11.3 Å². The highest BCUT2D eigenvalue weighted by Crippen LogP contribution is 2.18. The molecule has 3 aromatic rings. The van der Waals surface area contributed by atoms with Crippen LogP contribution in [0.15, 0.2) is 48.8 Å². The van der Waals surface area contributed by atoms with E-state index in [0.29, 0.717) is 24.2 Å². The van der Waals surface area contributed by atoms with Crippen LogP contribution >= 0.6 is 0 Å². The van der Waals surface area contributed by atoms with Gasteiger partial charge in [0.1, 0.15) is 12.1 Å². The predicted molar refractivity (Wildman–Crippen MR) is 104 cm³/mol. The first-order chi connectivity index (χ1) is 13.5. The maximum Gasteiger partial charge on any atom is 0.254 e. The van der Waals surface area contributed by atoms with Gasteiger partial charge < -0.3 is 9.80 Å². The molecule has 0 radical (unpaired) electrons. The molecule has 8 heteroatoms. The zero-order chi connectivity index (χ0) is 20.1. The normalized spacial score (nSPS) is 11.0. The molecule has 1 aromatic heterocycles. The van der Waals surface area contributed by atoms with Crippen LogP contribution in [0.5, 0.6) is 0 Å². The molecule has 0 N–H and O–H groups in total. The summed E-state index contributed by atoms with van der Waals surface area (Å²) in [5.74, 6) is -0.452. The lowest BCUT2D eigenvalue weighted by atomic mass is 10.1. The first kappa shape index (κ1) is 19.6. The SMILES string of the molecule is Cc1cc(C(=O)N(CCN(C)C)Cc2ccccc2F)ccc1-n1cnnn1. The Morgan fingerprint density at radius 3 is 2.57 bits per heavy atom. The molecule has 0 aliphatic heterocycles. The molecular formula is C20H23FN6O. The Kier molecular flexibility index (Phi) is 6.10. The van der Waals surface area contributed by atoms with E-state index in [1.54, 1.807) is 33.8 Å². The van der Waals surface area contributed by atoms with Gasteiger partial charge in [-0.25, -0.2) is 9.07 Å². The van der Waals surface area contributed by atoms with Crippen molar-refractivity contribution in [2.45, 2.75) is 13.5 Å². The van der Waals surface area contributed by atoms with Crippen molar-refractivity contribution in [2.24, 2.45) is 0 Å². The minimum Gasteiger partial charge on any atom is -0.333 e. The third-order valence-electron chi connectivity index (χ3n) is 4.46. The second-order valence-electron chi connectivity index (χ2n) is 6.88. The molecule has 0 spiro atoms. The van der Waals surface area contributed by atoms with Crippen molar-refractivity contribution in [1.82, 2.24) is 30.0 Å². The molecule has 2 aromatic carbocycles. The molecule has 0 saturated heterocycles. The Morgan fingerprint density at radius 1 is 1.14 bits per heavy atom. The highest BCUT2D eigenvalue weighted by molar-refractivity contribution is 5.94. The van der Waals surface area contributed by atoms with Crippen LogP contribution in [0.25, 0.3) is 5.69 Å². The number of nitrogens with zero attached hydrogens (tertiary/aromatic N) is 6. The Labute approximate surface area is 163 Å². The molecule has 3 rings (SSSR count). The molecule has 0 fully saturated rings. The van der Waals surface area contributed by atoms with Crippen molar-refractivity contribution in [3.63, 3.8) is 0 Å². The number of aryl methyl sites for hydroxylation is 1. The average molecular weight is 382 g/mol. The largest absolute Gasteiger partial charge is 0.333 e. The molecule has 0 bridgehead atoms. The van der Waals surface area contributed by atoms with Gasteiger partial charge in [-0.2, -0.15) is 0 Å². The summed E-state index contributed by atoms with van der Waals surface area (Å²) in [6.45, 7) is 3.29. The zero-order valence-electron chi connectivity index (χ0n) is 16.2. The lowest BCUT2D eigenvalue weighted by molar-refractivity contribution is 0.0730. The average Bonchev–Trinajstić information content (AvgIpc) is 3.20. The molecule has 7 nitrogen and oxygen atoms in total. The van der Waals surface area contributed by atoms with Crippen LogP contribution in [0, 0.1) is 12.7 Å². The first-order valence-electron chi connectivity index (χ1n) is 8.97. The lowest BCUT2D eigenvalue weighted by Gasteiger charge is -2.25. The van der Waals surface area contributed by atoms with E-state index in [1.807, 2.05) is 38.1 Å². The van der Waals surface area contributed by atoms with Crippen molar-refractivity contribution in [3.8, 4) is 5.69 Å². The number of carbonyl (C=O) groups is 1. The highest BCUT2D eigenvalue weighted by Gasteiger charge is 2.19. The second-order valence-corrected chi connectivity index (χ2v) is 6.88. The maximum absolute atomic E-state index is 14.1. The number of rotatable bonds is 7. The van der Waals surface area contributed by atoms with E-state index < -0.39 is 0 Å². The summed E-state index contributed by atoms with van der Waals surface area (Å²) >= 11 is 0. The summed E-state index contributed by atoms with van der Waals surface area (Å²) in [5.41, 5.74) is 2.72. The van der Waals surface area contributed by atoms with E-state index >= 15 is 0 Å². The number of hydrogen-bond acceptors (Lipinski definition) is 5. The molecule has 0 aliphatic carbocycles. The third kappa shape index (κ3) is 4.58. The first-order valence-corrected chi connectivity index (χ1v) is 8.97. The van der Waals surface area contributed by atoms with E-state index in [2.05, 4.69) is 15.5 Å². The molecule has 0 aliphatic rings. The number of amides is 1. The summed E-state index contributed by atoms with van der Waals surface area (Å²) in [5, 5.41) is 11.2. The molecular weight excluding hydrogens is 359 g/mol. The standard InChI is InChI=1S/C20H23FN6O/c1-15-12-16(8-9-19(15)27-14-22-23-24-27)20(28)26(11-10-25(2)3)13-17-6-4-5-7-18(17)21/h4-9,12,14H,10-11,13H2,1-3H3. The van der Waals surface area contributed by atoms with Crippen LogP contribution in [-0.4, -0.2) is 63.1 Å². The molecule has 1 amide bonds. The van der Waals surface area contributed by atoms with E-state index in [4.69, 9.17) is 0 Å². The number of hydrogen-bond donors (Lipinski definition) is 0. The van der Waals surface area contributed by atoms with Gasteiger partial charge in [0.15, 0.2) is 0 Å². The van der Waals surface area contributed by atoms with Crippen LogP contribution in [0.4, 0.5) is 4.39 Å². The summed E-state index contributed by atoms with van der Waals surface area (Å²) in [7, 11) is 3.88. The van der Waals surface area contributed by atoms with Gasteiger partial charge in [0.2, 0.25) is 0 Å². The van der Waals surface area contributed by atoms with E-state index in [1.165, 1.54) is 12.4 Å². The van der Waals surface area contributed by atoms with Gasteiger partial charge in [-0.05, 0) is 61.3 Å². The minimum atomic E-state index is -0.310. The predicted octanol–water partition coefficient (Wildman–Crippen LogP) is 2.31. The second kappa shape index (κ2) is 8.71. The summed E-state index contributed by atoms with van der Waals surface area (Å²) in [6, 6.07) is 11.9. The zero-order valence-corrected chi connectivity index (χ0v) is 16.2. The Balaban J connectivity index is 1.85. The number of benzene rings is 2. The van der Waals surface area contributed by atoms with Gasteiger partial charge in [0.05, 0.1) is 5.69 Å². The van der Waals surface area contributed by atoms with Gasteiger partial charge in [-0.15, -0.1) is 5.10 Å². The van der Waals surface area contributed by atoms with Crippen LogP contribution in [0.2, 0.25) is 0 Å². The fraction of sp³-hybridized carbons (Fsp3) is 0.300. The van der Waals surface area contributed by atoms with Crippen molar-refractivity contribution in [2.75, 3.05) is 27.2 Å². The molecule has 0 unspecified atom stereocenters. The number of carbonyl (C=O) groups excluding carboxylic acids is 1. The van der Waals surface area contributed by atoms with Gasteiger partial charge in [0, 0.05) is 30.8 Å². The fourth-order valence-corrected chi connectivity index (χ4v) is 2.91. The number of halogens is 1. The summed E-state index contributed by atoms with van der Waals surface area (Å²) in [4.78, 5) is 16.8. The molecule has 28 heavy (non-hydrogen) atoms. The number of aromatic nitrogens is 4. The fourth-order valence-electron chi connectivity index (χ4n) is 2.91. The molecule has 146 valence electrons. The molecule has 0 atom stereocenters. The Bertz CT molecular complexity index is 942. The van der Waals surface area contributed by atoms with Crippen molar-refractivity contribution in [3.05, 3.63) is 71.3 Å². The maximum atomic E-state index is 14.1. The van der Waals surface area contributed by atoms with Crippen molar-refractivity contribution >= 4 is 5.91 Å². The van der Waals surface area contributed by atoms with Gasteiger partial charge in [0.25, 0.3) is 5.91 Å². The topological polar surface area (TPSA) is 67.2 Å². The molecule has 1 heterocycles. The monoisotopic (exact) mass is 382 g/mol. The smallest absolute Gasteiger partial charge is 0.254 e. The summed E-state index contributed by atoms with van der Waals surface area (Å²) < 4.78 is 15.7. The van der Waals surface area contributed by atoms with E-state index in [9.17, 15) is 9.18 Å². The van der Waals surface area contributed by atoms with Gasteiger partial charge in [-0.3, -0.25) is 4.79 Å². The van der Waals surface area contributed by atoms with Gasteiger partial charge in [-0.1, -0.05) is 18.2 Å².